The van der Waals surface area contributed by atoms with Crippen molar-refractivity contribution in [1.29, 1.82) is 0 Å². The molecule has 0 saturated carbocycles. The Bertz CT molecular complexity index is 1080. The van der Waals surface area contributed by atoms with Gasteiger partial charge in [-0.05, 0) is 80.9 Å². The number of nitrogens with zero attached hydrogens (tertiary/aromatic N) is 3. The van der Waals surface area contributed by atoms with Gasteiger partial charge in [-0.1, -0.05) is 30.7 Å². The second-order valence-electron chi connectivity index (χ2n) is 7.87. The third-order valence-corrected chi connectivity index (χ3v) is 6.69. The fourth-order valence-corrected chi connectivity index (χ4v) is 5.02. The lowest BCUT2D eigenvalue weighted by Gasteiger charge is -2.28. The van der Waals surface area contributed by atoms with Crippen molar-refractivity contribution in [2.75, 3.05) is 6.54 Å². The van der Waals surface area contributed by atoms with Gasteiger partial charge in [0.15, 0.2) is 5.11 Å². The molecule has 0 spiro atoms. The molecule has 1 aliphatic heterocycles. The Morgan fingerprint density at radius 3 is 2.63 bits per heavy atom. The molecular formula is C24H27ClN4S. The van der Waals surface area contributed by atoms with Crippen molar-refractivity contribution >= 4 is 28.9 Å². The summed E-state index contributed by atoms with van der Waals surface area (Å²) in [6.07, 6.45) is 2.87. The Balaban J connectivity index is 1.86. The molecule has 0 radical (unpaired) electrons. The summed E-state index contributed by atoms with van der Waals surface area (Å²) < 4.78 is 2.30. The quantitative estimate of drug-likeness (QED) is 0.508. The second-order valence-corrected chi connectivity index (χ2v) is 8.66. The molecule has 1 aromatic carbocycles. The molecule has 0 unspecified atom stereocenters. The smallest absolute Gasteiger partial charge is 0.170 e. The van der Waals surface area contributed by atoms with Crippen LogP contribution in [0.1, 0.15) is 53.6 Å². The normalized spacial score (nSPS) is 18.7. The van der Waals surface area contributed by atoms with Gasteiger partial charge in [0.05, 0.1) is 17.8 Å². The van der Waals surface area contributed by atoms with Crippen LogP contribution in [0.2, 0.25) is 5.02 Å². The Morgan fingerprint density at radius 2 is 1.93 bits per heavy atom. The van der Waals surface area contributed by atoms with Crippen LogP contribution >= 0.6 is 23.8 Å². The largest absolute Gasteiger partial charge is 0.352 e. The number of halogens is 1. The number of aromatic nitrogens is 2. The predicted molar refractivity (Wildman–Crippen MR) is 127 cm³/mol. The van der Waals surface area contributed by atoms with Gasteiger partial charge in [0, 0.05) is 34.8 Å². The summed E-state index contributed by atoms with van der Waals surface area (Å²) in [6, 6.07) is 14.5. The molecule has 4 nitrogen and oxygen atoms in total. The summed E-state index contributed by atoms with van der Waals surface area (Å²) in [5.74, 6) is 0. The average molecular weight is 439 g/mol. The Morgan fingerprint density at radius 1 is 1.13 bits per heavy atom. The van der Waals surface area contributed by atoms with Gasteiger partial charge in [0.1, 0.15) is 0 Å². The second kappa shape index (κ2) is 8.40. The minimum atomic E-state index is 0.0136. The number of hydrogen-bond acceptors (Lipinski definition) is 2. The molecule has 2 aromatic heterocycles. The van der Waals surface area contributed by atoms with Gasteiger partial charge in [-0.2, -0.15) is 0 Å². The summed E-state index contributed by atoms with van der Waals surface area (Å²) >= 11 is 12.2. The van der Waals surface area contributed by atoms with E-state index >= 15 is 0 Å². The molecule has 4 rings (SSSR count). The Hall–Kier alpha value is -2.37. The number of pyridine rings is 1. The standard InChI is InChI=1S/C24H27ClN4S/c1-5-13-28-23(22(27-24(28)30)20-10-6-7-12-26-20)18-14-15(2)29(17(18)4)21-11-8-9-19(25)16(21)3/h6-12,14,22-23H,5,13H2,1-4H3,(H,27,30)/t22-,23-/m1/s1. The highest BCUT2D eigenvalue weighted by molar-refractivity contribution is 7.80. The SMILES string of the molecule is CCCN1C(=S)N[C@H](c2ccccn2)[C@H]1c1cc(C)n(-c2cccc(Cl)c2C)c1C. The van der Waals surface area contributed by atoms with Crippen LogP contribution in [0.3, 0.4) is 0 Å². The van der Waals surface area contributed by atoms with E-state index < -0.39 is 0 Å². The first-order valence-corrected chi connectivity index (χ1v) is 11.1. The summed E-state index contributed by atoms with van der Waals surface area (Å²) in [6.45, 7) is 9.50. The Labute approximate surface area is 188 Å². The molecule has 2 atom stereocenters. The molecule has 3 aromatic rings. The zero-order chi connectivity index (χ0) is 21.4. The predicted octanol–water partition coefficient (Wildman–Crippen LogP) is 5.83. The molecule has 1 aliphatic rings. The van der Waals surface area contributed by atoms with Crippen LogP contribution in [0.25, 0.3) is 5.69 Å². The van der Waals surface area contributed by atoms with E-state index in [0.29, 0.717) is 0 Å². The molecule has 0 amide bonds. The fraction of sp³-hybridized carbons (Fsp3) is 0.333. The van der Waals surface area contributed by atoms with Crippen LogP contribution < -0.4 is 5.32 Å². The number of hydrogen-bond donors (Lipinski definition) is 1. The lowest BCUT2D eigenvalue weighted by Crippen LogP contribution is -2.30. The average Bonchev–Trinajstić information content (AvgIpc) is 3.21. The summed E-state index contributed by atoms with van der Waals surface area (Å²) in [7, 11) is 0. The minimum Gasteiger partial charge on any atom is -0.352 e. The van der Waals surface area contributed by atoms with E-state index in [4.69, 9.17) is 23.8 Å². The maximum Gasteiger partial charge on any atom is 0.170 e. The van der Waals surface area contributed by atoms with Gasteiger partial charge >= 0.3 is 0 Å². The summed E-state index contributed by atoms with van der Waals surface area (Å²) in [4.78, 5) is 6.95. The van der Waals surface area contributed by atoms with Crippen molar-refractivity contribution < 1.29 is 0 Å². The van der Waals surface area contributed by atoms with E-state index in [9.17, 15) is 0 Å². The molecule has 0 aliphatic carbocycles. The molecule has 6 heteroatoms. The molecule has 1 N–H and O–H groups in total. The minimum absolute atomic E-state index is 0.0136. The van der Waals surface area contributed by atoms with Gasteiger partial charge in [0.2, 0.25) is 0 Å². The van der Waals surface area contributed by atoms with Crippen molar-refractivity contribution in [3.63, 3.8) is 0 Å². The Kier molecular flexibility index (Phi) is 5.85. The number of rotatable bonds is 5. The molecule has 30 heavy (non-hydrogen) atoms. The van der Waals surface area contributed by atoms with Gasteiger partial charge in [-0.3, -0.25) is 4.98 Å². The van der Waals surface area contributed by atoms with Crippen LogP contribution in [-0.4, -0.2) is 26.1 Å². The molecule has 0 bridgehead atoms. The zero-order valence-corrected chi connectivity index (χ0v) is 19.4. The van der Waals surface area contributed by atoms with Gasteiger partial charge in [-0.15, -0.1) is 0 Å². The van der Waals surface area contributed by atoms with Crippen LogP contribution in [0.4, 0.5) is 0 Å². The monoisotopic (exact) mass is 438 g/mol. The van der Waals surface area contributed by atoms with Crippen molar-refractivity contribution in [2.45, 2.75) is 46.2 Å². The lowest BCUT2D eigenvalue weighted by atomic mass is 9.96. The van der Waals surface area contributed by atoms with Crippen LogP contribution in [0.5, 0.6) is 0 Å². The van der Waals surface area contributed by atoms with Crippen molar-refractivity contribution in [3.8, 4) is 5.69 Å². The van der Waals surface area contributed by atoms with E-state index in [-0.39, 0.29) is 12.1 Å². The van der Waals surface area contributed by atoms with Gasteiger partial charge in [-0.25, -0.2) is 0 Å². The van der Waals surface area contributed by atoms with E-state index in [1.54, 1.807) is 0 Å². The highest BCUT2D eigenvalue weighted by Gasteiger charge is 2.41. The number of thiocarbonyl (C=S) groups is 1. The fourth-order valence-electron chi connectivity index (χ4n) is 4.52. The first-order chi connectivity index (χ1) is 14.4. The van der Waals surface area contributed by atoms with Crippen molar-refractivity contribution in [1.82, 2.24) is 19.8 Å². The molecule has 1 saturated heterocycles. The van der Waals surface area contributed by atoms with Crippen LogP contribution in [0.15, 0.2) is 48.7 Å². The van der Waals surface area contributed by atoms with E-state index in [1.165, 1.54) is 17.0 Å². The maximum atomic E-state index is 6.43. The van der Waals surface area contributed by atoms with E-state index in [2.05, 4.69) is 65.7 Å². The number of benzene rings is 1. The van der Waals surface area contributed by atoms with E-state index in [0.717, 1.165) is 40.0 Å². The van der Waals surface area contributed by atoms with Crippen LogP contribution in [-0.2, 0) is 0 Å². The first-order valence-electron chi connectivity index (χ1n) is 10.4. The van der Waals surface area contributed by atoms with Gasteiger partial charge in [0.25, 0.3) is 0 Å². The van der Waals surface area contributed by atoms with Crippen molar-refractivity contribution in [2.24, 2.45) is 0 Å². The molecular weight excluding hydrogens is 412 g/mol. The third kappa shape index (κ3) is 3.50. The summed E-state index contributed by atoms with van der Waals surface area (Å²) in [5.41, 5.74) is 6.86. The van der Waals surface area contributed by atoms with Crippen molar-refractivity contribution in [3.05, 3.63) is 81.9 Å². The molecule has 3 heterocycles. The third-order valence-electron chi connectivity index (χ3n) is 5.93. The molecule has 156 valence electrons. The zero-order valence-electron chi connectivity index (χ0n) is 17.8. The topological polar surface area (TPSA) is 33.1 Å². The highest BCUT2D eigenvalue weighted by atomic mass is 35.5. The lowest BCUT2D eigenvalue weighted by molar-refractivity contribution is 0.316. The number of nitrogens with one attached hydrogen (secondary N) is 1. The van der Waals surface area contributed by atoms with Crippen LogP contribution in [0, 0.1) is 20.8 Å². The highest BCUT2D eigenvalue weighted by Crippen LogP contribution is 2.41. The maximum absolute atomic E-state index is 6.43. The number of aryl methyl sites for hydroxylation is 1. The summed E-state index contributed by atoms with van der Waals surface area (Å²) in [5, 5.41) is 5.11. The van der Waals surface area contributed by atoms with E-state index in [1.807, 2.05) is 30.5 Å². The van der Waals surface area contributed by atoms with Gasteiger partial charge < -0.3 is 14.8 Å². The molecule has 1 fully saturated rings. The first kappa shape index (κ1) is 20.9.